The van der Waals surface area contributed by atoms with E-state index in [4.69, 9.17) is 35.2 Å². The zero-order valence-corrected chi connectivity index (χ0v) is 22.2. The lowest BCUT2D eigenvalue weighted by molar-refractivity contribution is -0.0686. The third-order valence-electron chi connectivity index (χ3n) is 6.52. The maximum Gasteiger partial charge on any atom is 0.179 e. The van der Waals surface area contributed by atoms with Crippen molar-refractivity contribution in [2.75, 3.05) is 46.3 Å². The summed E-state index contributed by atoms with van der Waals surface area (Å²) in [5, 5.41) is 2.02. The van der Waals surface area contributed by atoms with E-state index in [1.807, 2.05) is 11.2 Å². The Hall–Kier alpha value is -3.17. The number of fused-ring (bicyclic) bond motifs is 1. The van der Waals surface area contributed by atoms with E-state index in [1.54, 1.807) is 38.1 Å². The Balaban J connectivity index is 1.44. The number of nitrogens with two attached hydrogens (primary N) is 2. The summed E-state index contributed by atoms with van der Waals surface area (Å²) in [4.78, 5) is 12.8. The standard InChI is InChI=1S/C24H39N9O5/c1-4-18(25)36-13-17-20(35-3)21(24(38-17)33-15-29-19-22(26)27-14-28-23(19)33)37-12-16-11-32(31-30-16)9-7-5-6-8-10-34-2/h4,11,14-15,17,20-21,24,30-31H,5-10,12-13,25H2,1-3H3,(H2,26,27,28)/b18-4+. The molecule has 1 fully saturated rings. The molecule has 0 saturated carbocycles. The fourth-order valence-corrected chi connectivity index (χ4v) is 4.50. The molecule has 0 spiro atoms. The summed E-state index contributed by atoms with van der Waals surface area (Å²) in [6.45, 7) is 3.99. The minimum atomic E-state index is -0.599. The van der Waals surface area contributed by atoms with Crippen LogP contribution in [0.25, 0.3) is 11.2 Å². The van der Waals surface area contributed by atoms with Gasteiger partial charge in [0.2, 0.25) is 0 Å². The van der Waals surface area contributed by atoms with Gasteiger partial charge < -0.3 is 40.6 Å². The van der Waals surface area contributed by atoms with Crippen LogP contribution < -0.4 is 22.4 Å². The Bertz CT molecular complexity index is 1090. The van der Waals surface area contributed by atoms with E-state index in [2.05, 4.69) is 25.9 Å². The second-order valence-corrected chi connectivity index (χ2v) is 9.12. The Morgan fingerprint density at radius 2 is 2.00 bits per heavy atom. The Morgan fingerprint density at radius 1 is 1.16 bits per heavy atom. The highest BCUT2D eigenvalue weighted by atomic mass is 16.6. The average molecular weight is 534 g/mol. The number of anilines is 1. The molecule has 2 aliphatic heterocycles. The maximum absolute atomic E-state index is 6.40. The highest BCUT2D eigenvalue weighted by Crippen LogP contribution is 2.36. The number of hydrazine groups is 2. The van der Waals surface area contributed by atoms with E-state index in [1.165, 1.54) is 6.33 Å². The van der Waals surface area contributed by atoms with Crippen LogP contribution in [0.5, 0.6) is 0 Å². The van der Waals surface area contributed by atoms with Gasteiger partial charge in [0, 0.05) is 33.6 Å². The number of nitrogens with one attached hydrogen (secondary N) is 2. The number of hydrogen-bond acceptors (Lipinski definition) is 13. The van der Waals surface area contributed by atoms with E-state index in [0.717, 1.165) is 44.5 Å². The van der Waals surface area contributed by atoms with Crippen molar-refractivity contribution in [2.24, 2.45) is 5.73 Å². The largest absolute Gasteiger partial charge is 0.477 e. The SMILES string of the molecule is C/C=C(\N)OCC1OC(n2cnc3c(N)ncnc32)C(OCC2=CN(CCCCCCOC)NN2)C1OC. The lowest BCUT2D eigenvalue weighted by atomic mass is 10.1. The van der Waals surface area contributed by atoms with Gasteiger partial charge in [-0.2, -0.15) is 0 Å². The normalized spacial score (nSPS) is 23.7. The molecular formula is C24H39N9O5. The van der Waals surface area contributed by atoms with Gasteiger partial charge in [-0.15, -0.1) is 5.53 Å². The van der Waals surface area contributed by atoms with Crippen molar-refractivity contribution in [2.45, 2.75) is 57.1 Å². The number of aromatic nitrogens is 4. The van der Waals surface area contributed by atoms with Crippen LogP contribution in [0.2, 0.25) is 0 Å². The molecular weight excluding hydrogens is 494 g/mol. The van der Waals surface area contributed by atoms with Crippen LogP contribution in [0.4, 0.5) is 5.82 Å². The number of unbranched alkanes of at least 4 members (excludes halogenated alkanes) is 3. The van der Waals surface area contributed by atoms with Crippen molar-refractivity contribution in [3.63, 3.8) is 0 Å². The minimum absolute atomic E-state index is 0.190. The van der Waals surface area contributed by atoms with Crippen LogP contribution in [0.1, 0.15) is 38.8 Å². The number of nitrogens with zero attached hydrogens (tertiary/aromatic N) is 5. The molecule has 38 heavy (non-hydrogen) atoms. The van der Waals surface area contributed by atoms with Crippen LogP contribution in [-0.2, 0) is 23.7 Å². The quantitative estimate of drug-likeness (QED) is 0.188. The number of imidazole rings is 1. The van der Waals surface area contributed by atoms with E-state index < -0.39 is 24.5 Å². The topological polar surface area (TPSA) is 169 Å². The first kappa shape index (κ1) is 27.9. The first-order chi connectivity index (χ1) is 18.5. The summed E-state index contributed by atoms with van der Waals surface area (Å²) >= 11 is 0. The Kier molecular flexibility index (Phi) is 9.95. The first-order valence-corrected chi connectivity index (χ1v) is 12.8. The highest BCUT2D eigenvalue weighted by molar-refractivity contribution is 5.81. The summed E-state index contributed by atoms with van der Waals surface area (Å²) in [7, 11) is 3.35. The zero-order chi connectivity index (χ0) is 26.9. The third kappa shape index (κ3) is 6.63. The molecule has 210 valence electrons. The molecule has 14 heteroatoms. The van der Waals surface area contributed by atoms with E-state index in [9.17, 15) is 0 Å². The van der Waals surface area contributed by atoms with Gasteiger partial charge in [0.15, 0.2) is 23.6 Å². The van der Waals surface area contributed by atoms with Crippen molar-refractivity contribution in [3.8, 4) is 0 Å². The van der Waals surface area contributed by atoms with Crippen LogP contribution in [0.3, 0.4) is 0 Å². The summed E-state index contributed by atoms with van der Waals surface area (Å²) in [6, 6.07) is 0. The number of ether oxygens (including phenoxy) is 5. The number of rotatable bonds is 15. The van der Waals surface area contributed by atoms with Crippen LogP contribution in [0, 0.1) is 0 Å². The Morgan fingerprint density at radius 3 is 2.79 bits per heavy atom. The lowest BCUT2D eigenvalue weighted by Gasteiger charge is -2.24. The molecule has 2 aliphatic rings. The minimum Gasteiger partial charge on any atom is -0.477 e. The predicted octanol–water partition coefficient (Wildman–Crippen LogP) is 0.916. The van der Waals surface area contributed by atoms with Crippen molar-refractivity contribution in [3.05, 3.63) is 36.5 Å². The maximum atomic E-state index is 6.40. The van der Waals surface area contributed by atoms with E-state index in [0.29, 0.717) is 29.5 Å². The lowest BCUT2D eigenvalue weighted by Crippen LogP contribution is -2.39. The molecule has 14 nitrogen and oxygen atoms in total. The van der Waals surface area contributed by atoms with E-state index in [-0.39, 0.29) is 6.61 Å². The van der Waals surface area contributed by atoms with Crippen LogP contribution >= 0.6 is 0 Å². The fraction of sp³-hybridized carbons (Fsp3) is 0.625. The molecule has 0 aliphatic carbocycles. The van der Waals surface area contributed by atoms with Crippen molar-refractivity contribution in [1.82, 2.24) is 35.5 Å². The summed E-state index contributed by atoms with van der Waals surface area (Å²) in [6.07, 6.45) is 9.16. The van der Waals surface area contributed by atoms with Gasteiger partial charge in [0.25, 0.3) is 0 Å². The molecule has 0 bridgehead atoms. The van der Waals surface area contributed by atoms with Gasteiger partial charge in [-0.25, -0.2) is 15.0 Å². The first-order valence-electron chi connectivity index (χ1n) is 12.8. The second-order valence-electron chi connectivity index (χ2n) is 9.12. The molecule has 4 atom stereocenters. The molecule has 2 aromatic heterocycles. The smallest absolute Gasteiger partial charge is 0.179 e. The predicted molar refractivity (Wildman–Crippen MR) is 139 cm³/mol. The number of nitrogen functional groups attached to an aromatic ring is 1. The number of hydrogen-bond donors (Lipinski definition) is 4. The number of methoxy groups -OCH3 is 2. The van der Waals surface area contributed by atoms with Crippen molar-refractivity contribution < 1.29 is 23.7 Å². The average Bonchev–Trinajstić information content (AvgIpc) is 3.65. The zero-order valence-electron chi connectivity index (χ0n) is 22.2. The van der Waals surface area contributed by atoms with Crippen molar-refractivity contribution in [1.29, 1.82) is 0 Å². The molecule has 1 saturated heterocycles. The number of allylic oxidation sites excluding steroid dienone is 1. The fourth-order valence-electron chi connectivity index (χ4n) is 4.50. The Labute approximate surface area is 222 Å². The van der Waals surface area contributed by atoms with Gasteiger partial charge >= 0.3 is 0 Å². The van der Waals surface area contributed by atoms with Crippen LogP contribution in [-0.4, -0.2) is 83.4 Å². The van der Waals surface area contributed by atoms with Crippen molar-refractivity contribution >= 4 is 17.0 Å². The molecule has 0 aromatic carbocycles. The summed E-state index contributed by atoms with van der Waals surface area (Å²) in [5.41, 5.74) is 20.1. The van der Waals surface area contributed by atoms with E-state index >= 15 is 0 Å². The second kappa shape index (κ2) is 13.6. The molecule has 6 N–H and O–H groups in total. The molecule has 4 unspecified atom stereocenters. The van der Waals surface area contributed by atoms with Gasteiger partial charge in [-0.05, 0) is 25.8 Å². The molecule has 4 heterocycles. The van der Waals surface area contributed by atoms with Gasteiger partial charge in [0.1, 0.15) is 36.8 Å². The molecule has 0 radical (unpaired) electrons. The summed E-state index contributed by atoms with van der Waals surface area (Å²) < 4.78 is 31.2. The van der Waals surface area contributed by atoms with Crippen LogP contribution in [0.15, 0.2) is 36.5 Å². The molecule has 0 amide bonds. The molecule has 4 rings (SSSR count). The van der Waals surface area contributed by atoms with Gasteiger partial charge in [0.05, 0.1) is 18.6 Å². The van der Waals surface area contributed by atoms with Gasteiger partial charge in [-0.3, -0.25) is 9.58 Å². The third-order valence-corrected chi connectivity index (χ3v) is 6.52. The highest BCUT2D eigenvalue weighted by Gasteiger charge is 2.48. The molecule has 2 aromatic rings. The summed E-state index contributed by atoms with van der Waals surface area (Å²) in [5.74, 6) is 0.599. The van der Waals surface area contributed by atoms with Gasteiger partial charge in [-0.1, -0.05) is 12.8 Å². The monoisotopic (exact) mass is 533 g/mol.